The number of hydrogen-bond acceptors (Lipinski definition) is 2. The van der Waals surface area contributed by atoms with Gasteiger partial charge < -0.3 is 10.4 Å². The number of hydrogen-bond donors (Lipinski definition) is 2. The summed E-state index contributed by atoms with van der Waals surface area (Å²) in [5.74, 6) is -5.47. The van der Waals surface area contributed by atoms with E-state index in [-0.39, 0.29) is 12.1 Å². The number of carboxylic acid groups (broad SMARTS) is 1. The molecule has 1 rings (SSSR count). The van der Waals surface area contributed by atoms with E-state index in [1.807, 2.05) is 0 Å². The second-order valence-electron chi connectivity index (χ2n) is 3.87. The molecule has 17 heavy (non-hydrogen) atoms. The molecule has 1 aromatic rings. The molecule has 0 amide bonds. The Labute approximate surface area is 96.3 Å². The van der Waals surface area contributed by atoms with E-state index < -0.39 is 29.0 Å². The van der Waals surface area contributed by atoms with Crippen LogP contribution in [0.2, 0.25) is 0 Å². The monoisotopic (exact) mass is 247 g/mol. The van der Waals surface area contributed by atoms with Gasteiger partial charge in [-0.15, -0.1) is 0 Å². The molecule has 0 aromatic heterocycles. The lowest BCUT2D eigenvalue weighted by molar-refractivity contribution is -0.141. The fourth-order valence-electron chi connectivity index (χ4n) is 1.24. The second-order valence-corrected chi connectivity index (χ2v) is 3.87. The zero-order valence-corrected chi connectivity index (χ0v) is 9.35. The summed E-state index contributed by atoms with van der Waals surface area (Å²) in [5.41, 5.74) is -1.48. The molecular formula is C11H12F3NO2. The predicted octanol–water partition coefficient (Wildman–Crippen LogP) is 2.77. The average Bonchev–Trinajstić information content (AvgIpc) is 2.25. The highest BCUT2D eigenvalue weighted by Crippen LogP contribution is 2.22. The molecule has 0 fully saturated rings. The van der Waals surface area contributed by atoms with E-state index in [1.165, 1.54) is 6.92 Å². The average molecular weight is 247 g/mol. The van der Waals surface area contributed by atoms with Crippen LogP contribution in [0.5, 0.6) is 0 Å². The van der Waals surface area contributed by atoms with Gasteiger partial charge in [0.1, 0.15) is 5.54 Å². The Bertz CT molecular complexity index is 427. The normalized spacial score (nSPS) is 14.2. The Hall–Kier alpha value is -1.72. The number of anilines is 1. The number of rotatable bonds is 4. The molecule has 0 saturated carbocycles. The SMILES string of the molecule is CCC(C)(Nc1cc(F)c(F)c(F)c1)C(=O)O. The van der Waals surface area contributed by atoms with E-state index in [1.54, 1.807) is 6.92 Å². The van der Waals surface area contributed by atoms with Gasteiger partial charge in [0.25, 0.3) is 0 Å². The van der Waals surface area contributed by atoms with Gasteiger partial charge in [-0.1, -0.05) is 6.92 Å². The van der Waals surface area contributed by atoms with Crippen LogP contribution in [0.15, 0.2) is 12.1 Å². The summed E-state index contributed by atoms with van der Waals surface area (Å²) in [5, 5.41) is 11.4. The molecule has 1 unspecified atom stereocenters. The third kappa shape index (κ3) is 2.69. The summed E-state index contributed by atoms with van der Waals surface area (Å²) in [6.45, 7) is 2.98. The Kier molecular flexibility index (Phi) is 3.65. The molecule has 2 N–H and O–H groups in total. The smallest absolute Gasteiger partial charge is 0.329 e. The topological polar surface area (TPSA) is 49.3 Å². The molecule has 0 radical (unpaired) electrons. The maximum atomic E-state index is 12.9. The first kappa shape index (κ1) is 13.3. The van der Waals surface area contributed by atoms with E-state index in [2.05, 4.69) is 5.32 Å². The molecule has 3 nitrogen and oxygen atoms in total. The van der Waals surface area contributed by atoms with Crippen molar-refractivity contribution < 1.29 is 23.1 Å². The summed E-state index contributed by atoms with van der Waals surface area (Å²) >= 11 is 0. The second kappa shape index (κ2) is 4.65. The zero-order valence-electron chi connectivity index (χ0n) is 9.35. The van der Waals surface area contributed by atoms with Gasteiger partial charge in [-0.05, 0) is 13.3 Å². The Morgan fingerprint density at radius 2 is 1.82 bits per heavy atom. The molecule has 0 bridgehead atoms. The van der Waals surface area contributed by atoms with Gasteiger partial charge in [-0.25, -0.2) is 18.0 Å². The molecule has 0 aliphatic carbocycles. The van der Waals surface area contributed by atoms with Crippen LogP contribution in [0, 0.1) is 17.5 Å². The minimum atomic E-state index is -1.58. The number of carbonyl (C=O) groups is 1. The molecule has 0 spiro atoms. The van der Waals surface area contributed by atoms with E-state index in [9.17, 15) is 18.0 Å². The summed E-state index contributed by atoms with van der Waals surface area (Å²) in [7, 11) is 0. The lowest BCUT2D eigenvalue weighted by atomic mass is 9.99. The maximum Gasteiger partial charge on any atom is 0.329 e. The third-order valence-corrected chi connectivity index (χ3v) is 2.58. The first-order chi connectivity index (χ1) is 7.80. The fourth-order valence-corrected chi connectivity index (χ4v) is 1.24. The van der Waals surface area contributed by atoms with Crippen molar-refractivity contribution in [2.45, 2.75) is 25.8 Å². The van der Waals surface area contributed by atoms with Crippen molar-refractivity contribution in [3.63, 3.8) is 0 Å². The Morgan fingerprint density at radius 3 is 2.18 bits per heavy atom. The summed E-state index contributed by atoms with van der Waals surface area (Å²) in [6, 6.07) is 1.44. The van der Waals surface area contributed by atoms with Crippen LogP contribution in [0.4, 0.5) is 18.9 Å². The van der Waals surface area contributed by atoms with Crippen LogP contribution >= 0.6 is 0 Å². The van der Waals surface area contributed by atoms with Gasteiger partial charge >= 0.3 is 5.97 Å². The molecule has 6 heteroatoms. The number of benzene rings is 1. The van der Waals surface area contributed by atoms with E-state index in [0.29, 0.717) is 0 Å². The lowest BCUT2D eigenvalue weighted by Gasteiger charge is -2.25. The zero-order chi connectivity index (χ0) is 13.2. The summed E-state index contributed by atoms with van der Waals surface area (Å²) in [4.78, 5) is 11.0. The third-order valence-electron chi connectivity index (χ3n) is 2.58. The summed E-state index contributed by atoms with van der Waals surface area (Å²) in [6.07, 6.45) is 0.197. The van der Waals surface area contributed by atoms with Crippen molar-refractivity contribution in [2.75, 3.05) is 5.32 Å². The van der Waals surface area contributed by atoms with Crippen LogP contribution in [0.1, 0.15) is 20.3 Å². The van der Waals surface area contributed by atoms with Crippen molar-refractivity contribution in [3.8, 4) is 0 Å². The van der Waals surface area contributed by atoms with Crippen molar-refractivity contribution >= 4 is 11.7 Å². The van der Waals surface area contributed by atoms with Gasteiger partial charge in [0, 0.05) is 17.8 Å². The van der Waals surface area contributed by atoms with Crippen LogP contribution in [-0.4, -0.2) is 16.6 Å². The molecule has 94 valence electrons. The minimum absolute atomic E-state index is 0.117. The molecule has 0 aliphatic rings. The van der Waals surface area contributed by atoms with Gasteiger partial charge in [-0.2, -0.15) is 0 Å². The van der Waals surface area contributed by atoms with Crippen molar-refractivity contribution in [1.82, 2.24) is 0 Å². The largest absolute Gasteiger partial charge is 0.480 e. The van der Waals surface area contributed by atoms with Crippen LogP contribution < -0.4 is 5.32 Å². The van der Waals surface area contributed by atoms with Crippen molar-refractivity contribution in [1.29, 1.82) is 0 Å². The molecular weight excluding hydrogens is 235 g/mol. The first-order valence-electron chi connectivity index (χ1n) is 4.96. The van der Waals surface area contributed by atoms with Gasteiger partial charge in [-0.3, -0.25) is 0 Å². The lowest BCUT2D eigenvalue weighted by Crippen LogP contribution is -2.42. The highest BCUT2D eigenvalue weighted by Gasteiger charge is 2.31. The molecule has 0 heterocycles. The number of aliphatic carboxylic acids is 1. The van der Waals surface area contributed by atoms with Gasteiger partial charge in [0.15, 0.2) is 17.5 Å². The minimum Gasteiger partial charge on any atom is -0.480 e. The predicted molar refractivity (Wildman–Crippen MR) is 56.3 cm³/mol. The van der Waals surface area contributed by atoms with Gasteiger partial charge in [0.05, 0.1) is 0 Å². The maximum absolute atomic E-state index is 12.9. The number of halogens is 3. The Morgan fingerprint density at radius 1 is 1.35 bits per heavy atom. The highest BCUT2D eigenvalue weighted by atomic mass is 19.2. The van der Waals surface area contributed by atoms with Crippen molar-refractivity contribution in [3.05, 3.63) is 29.6 Å². The van der Waals surface area contributed by atoms with E-state index >= 15 is 0 Å². The summed E-state index contributed by atoms with van der Waals surface area (Å²) < 4.78 is 38.5. The molecule has 0 aliphatic heterocycles. The quantitative estimate of drug-likeness (QED) is 0.804. The van der Waals surface area contributed by atoms with Crippen LogP contribution in [0.3, 0.4) is 0 Å². The first-order valence-corrected chi connectivity index (χ1v) is 4.96. The molecule has 0 saturated heterocycles. The van der Waals surface area contributed by atoms with Crippen molar-refractivity contribution in [2.24, 2.45) is 0 Å². The number of carboxylic acids is 1. The van der Waals surface area contributed by atoms with E-state index in [0.717, 1.165) is 12.1 Å². The highest BCUT2D eigenvalue weighted by molar-refractivity contribution is 5.82. The van der Waals surface area contributed by atoms with Crippen LogP contribution in [-0.2, 0) is 4.79 Å². The van der Waals surface area contributed by atoms with Crippen LogP contribution in [0.25, 0.3) is 0 Å². The Balaban J connectivity index is 3.07. The molecule has 1 aromatic carbocycles. The fraction of sp³-hybridized carbons (Fsp3) is 0.364. The standard InChI is InChI=1S/C11H12F3NO2/c1-3-11(2,10(16)17)15-6-4-7(12)9(14)8(13)5-6/h4-5,15H,3H2,1-2H3,(H,16,17). The van der Waals surface area contributed by atoms with Gasteiger partial charge in [0.2, 0.25) is 0 Å². The number of nitrogens with one attached hydrogen (secondary N) is 1. The van der Waals surface area contributed by atoms with E-state index in [4.69, 9.17) is 5.11 Å². The molecule has 1 atom stereocenters.